The lowest BCUT2D eigenvalue weighted by molar-refractivity contribution is -0.156. The van der Waals surface area contributed by atoms with E-state index >= 15 is 4.39 Å². The molecule has 0 bridgehead atoms. The maximum absolute atomic E-state index is 15.9. The third kappa shape index (κ3) is 8.14. The first-order chi connectivity index (χ1) is 20.0. The van der Waals surface area contributed by atoms with E-state index in [0.717, 1.165) is 10.8 Å². The van der Waals surface area contributed by atoms with Gasteiger partial charge in [-0.25, -0.2) is 9.18 Å². The van der Waals surface area contributed by atoms with Crippen LogP contribution >= 0.6 is 47.2 Å². The van der Waals surface area contributed by atoms with Gasteiger partial charge in [-0.05, 0) is 25.3 Å². The van der Waals surface area contributed by atoms with Crippen LogP contribution < -0.4 is 31.8 Å². The Morgan fingerprint density at radius 3 is 2.44 bits per heavy atom. The number of carbonyl (C=O) groups excluding carboxylic acids is 2. The average Bonchev–Trinajstić information content (AvgIpc) is 3.23. The van der Waals surface area contributed by atoms with Crippen LogP contribution in [0.2, 0.25) is 15.1 Å². The van der Waals surface area contributed by atoms with Gasteiger partial charge < -0.3 is 30.0 Å². The minimum Gasteiger partial charge on any atom is -0.493 e. The monoisotopic (exact) mass is 689 g/mol. The molecular weight excluding hydrogens is 657 g/mol. The number of halogens is 5. The number of alkyl halides is 1. The predicted molar refractivity (Wildman–Crippen MR) is 161 cm³/mol. The molecule has 12 nitrogen and oxygen atoms in total. The van der Waals surface area contributed by atoms with Gasteiger partial charge in [0.05, 0.1) is 17.2 Å². The number of H-pyrrole nitrogens is 1. The lowest BCUT2D eigenvalue weighted by Gasteiger charge is -2.24. The van der Waals surface area contributed by atoms with E-state index in [1.165, 1.54) is 33.9 Å². The Morgan fingerprint density at radius 1 is 1.23 bits per heavy atom. The molecular formula is C26H33Cl4FN4O8. The molecule has 1 aromatic carbocycles. The second kappa shape index (κ2) is 15.4. The van der Waals surface area contributed by atoms with E-state index in [4.69, 9.17) is 60.9 Å². The maximum Gasteiger partial charge on any atom is 0.330 e. The Balaban J connectivity index is 0.00000675. The number of hydrogen-bond acceptors (Lipinski definition) is 9. The molecule has 1 unspecified atom stereocenters. The van der Waals surface area contributed by atoms with Crippen molar-refractivity contribution in [3.8, 4) is 11.5 Å². The first-order valence-electron chi connectivity index (χ1n) is 13.3. The zero-order chi connectivity index (χ0) is 32.4. The predicted octanol–water partition coefficient (Wildman–Crippen LogP) is 3.20. The van der Waals surface area contributed by atoms with Gasteiger partial charge in [0.1, 0.15) is 17.2 Å². The first-order valence-corrected chi connectivity index (χ1v) is 13.9. The summed E-state index contributed by atoms with van der Waals surface area (Å²) in [7, 11) is 1.33. The number of nitrogens with two attached hydrogens (primary N) is 1. The van der Waals surface area contributed by atoms with Crippen LogP contribution in [-0.4, -0.2) is 65.6 Å². The van der Waals surface area contributed by atoms with Crippen molar-refractivity contribution in [3.63, 3.8) is 0 Å². The van der Waals surface area contributed by atoms with Gasteiger partial charge in [0.15, 0.2) is 36.1 Å². The number of benzene rings is 1. The van der Waals surface area contributed by atoms with E-state index in [0.29, 0.717) is 0 Å². The van der Waals surface area contributed by atoms with Gasteiger partial charge in [-0.2, -0.15) is 0 Å². The number of methoxy groups -OCH3 is 1. The summed E-state index contributed by atoms with van der Waals surface area (Å²) in [6.45, 7) is 5.39. The number of hydrogen-bond donors (Lipinski definition) is 3. The zero-order valence-electron chi connectivity index (χ0n) is 24.7. The molecule has 240 valence electrons. The molecule has 1 aromatic heterocycles. The van der Waals surface area contributed by atoms with Crippen molar-refractivity contribution in [2.24, 2.45) is 11.6 Å². The molecule has 43 heavy (non-hydrogen) atoms. The van der Waals surface area contributed by atoms with Crippen LogP contribution in [0, 0.1) is 5.89 Å². The summed E-state index contributed by atoms with van der Waals surface area (Å²) in [5.41, 5.74) is 4.42. The van der Waals surface area contributed by atoms with Crippen LogP contribution in [0.15, 0.2) is 21.9 Å². The molecule has 2 aromatic rings. The largest absolute Gasteiger partial charge is 0.493 e. The summed E-state index contributed by atoms with van der Waals surface area (Å²) in [5, 5.41) is 2.58. The highest BCUT2D eigenvalue weighted by Gasteiger charge is 2.49. The van der Waals surface area contributed by atoms with E-state index in [1.54, 1.807) is 6.92 Å². The molecule has 0 aliphatic carbocycles. The number of esters is 1. The Kier molecular flexibility index (Phi) is 12.5. The molecule has 1 aliphatic heterocycles. The summed E-state index contributed by atoms with van der Waals surface area (Å²) in [5.74, 6) is -3.26. The summed E-state index contributed by atoms with van der Waals surface area (Å²) in [6, 6.07) is -0.123. The van der Waals surface area contributed by atoms with Gasteiger partial charge in [-0.3, -0.25) is 23.9 Å². The molecule has 1 saturated heterocycles. The standard InChI is InChI=1S/C26H32Cl3FN4O8.ClH/c1-6-12-9-34(26(38)33-23(12)36)24-17(30)21(42-25(37)18(31)10(2)3)15(41-24)8-32-22(35)11(4)40-20-14(28)7-13(27)19(39-5)16(20)29;/h7,9-11,15,17-18,21,24H,6,8,31H2,1-5H3,(H,32,35)(H,33,36,38);1H/t11-,15+,17-,18-,21+,24?;/m0./s1/i10D;. The highest BCUT2D eigenvalue weighted by Crippen LogP contribution is 2.45. The third-order valence-corrected chi connectivity index (χ3v) is 7.43. The van der Waals surface area contributed by atoms with E-state index in [9.17, 15) is 19.2 Å². The Hall–Kier alpha value is -2.55. The van der Waals surface area contributed by atoms with Gasteiger partial charge in [-0.15, -0.1) is 12.4 Å². The smallest absolute Gasteiger partial charge is 0.330 e. The minimum atomic E-state index is -2.13. The topological polar surface area (TPSA) is 164 Å². The summed E-state index contributed by atoms with van der Waals surface area (Å²) >= 11 is 18.5. The lowest BCUT2D eigenvalue weighted by atomic mass is 10.1. The molecule has 1 aliphatic rings. The lowest BCUT2D eigenvalue weighted by Crippen LogP contribution is -2.47. The second-order valence-corrected chi connectivity index (χ2v) is 10.9. The van der Waals surface area contributed by atoms with Gasteiger partial charge in [0.25, 0.3) is 11.5 Å². The van der Waals surface area contributed by atoms with Crippen LogP contribution in [0.5, 0.6) is 11.5 Å². The molecule has 0 spiro atoms. The van der Waals surface area contributed by atoms with E-state index in [2.05, 4.69) is 10.3 Å². The molecule has 17 heteroatoms. The van der Waals surface area contributed by atoms with Crippen molar-refractivity contribution in [2.75, 3.05) is 13.7 Å². The average molecular weight is 691 g/mol. The Labute approximate surface area is 269 Å². The van der Waals surface area contributed by atoms with Gasteiger partial charge >= 0.3 is 11.7 Å². The number of aromatic amines is 1. The number of rotatable bonds is 11. The van der Waals surface area contributed by atoms with Crippen LogP contribution in [0.1, 0.15) is 40.9 Å². The number of carbonyl (C=O) groups is 2. The van der Waals surface area contributed by atoms with Crippen molar-refractivity contribution in [3.05, 3.63) is 53.7 Å². The van der Waals surface area contributed by atoms with Crippen molar-refractivity contribution < 1.29 is 34.3 Å². The number of aryl methyl sites for hydroxylation is 1. The molecule has 3 rings (SSSR count). The fourth-order valence-corrected chi connectivity index (χ4v) is 5.07. The zero-order valence-corrected chi connectivity index (χ0v) is 26.8. The van der Waals surface area contributed by atoms with Gasteiger partial charge in [-0.1, -0.05) is 55.6 Å². The maximum atomic E-state index is 15.9. The molecule has 1 fully saturated rings. The number of ether oxygens (including phenoxy) is 4. The van der Waals surface area contributed by atoms with E-state index in [1.807, 2.05) is 0 Å². The molecule has 1 amide bonds. The molecule has 0 saturated carbocycles. The highest BCUT2D eigenvalue weighted by atomic mass is 35.5. The third-order valence-electron chi connectivity index (χ3n) is 6.52. The number of nitrogens with one attached hydrogen (secondary N) is 2. The summed E-state index contributed by atoms with van der Waals surface area (Å²) < 4.78 is 46.6. The Morgan fingerprint density at radius 2 is 1.86 bits per heavy atom. The fraction of sp³-hybridized carbons (Fsp3) is 0.538. The normalized spacial score (nSPS) is 21.7. The Bertz CT molecular complexity index is 1490. The number of nitrogens with zero attached hydrogens (tertiary/aromatic N) is 1. The summed E-state index contributed by atoms with van der Waals surface area (Å²) in [6.07, 6.45) is -6.57. The number of aromatic nitrogens is 2. The highest BCUT2D eigenvalue weighted by molar-refractivity contribution is 6.42. The van der Waals surface area contributed by atoms with Crippen LogP contribution in [0.4, 0.5) is 4.39 Å². The molecule has 6 atom stereocenters. The molecule has 2 heterocycles. The second-order valence-electron chi connectivity index (χ2n) is 9.66. The van der Waals surface area contributed by atoms with E-state index in [-0.39, 0.29) is 51.0 Å². The van der Waals surface area contributed by atoms with Crippen molar-refractivity contribution in [1.29, 1.82) is 0 Å². The van der Waals surface area contributed by atoms with Crippen LogP contribution in [0.25, 0.3) is 0 Å². The SMILES string of the molecule is Cl.[2H]C(C)(C)[C@H](N)C(=O)O[C@H]1[C@H](F)C(n2cc(CC)c(=O)[nH]c2=O)O[C@@H]1CNC(=O)[C@H](C)Oc1c(Cl)cc(Cl)c(OC)c1Cl. The first kappa shape index (κ1) is 34.9. The molecule has 4 N–H and O–H groups in total. The van der Waals surface area contributed by atoms with Crippen LogP contribution in [-0.2, 0) is 25.5 Å². The number of amides is 1. The van der Waals surface area contributed by atoms with Crippen molar-refractivity contribution in [1.82, 2.24) is 14.9 Å². The summed E-state index contributed by atoms with van der Waals surface area (Å²) in [4.78, 5) is 52.4. The van der Waals surface area contributed by atoms with Crippen LogP contribution in [0.3, 0.4) is 0 Å². The fourth-order valence-electron chi connectivity index (χ4n) is 4.06. The quantitative estimate of drug-likeness (QED) is 0.301. The van der Waals surface area contributed by atoms with Crippen molar-refractivity contribution in [2.45, 2.75) is 70.9 Å². The van der Waals surface area contributed by atoms with E-state index < -0.39 is 72.3 Å². The minimum absolute atomic E-state index is 0. The molecule has 0 radical (unpaired) electrons. The van der Waals surface area contributed by atoms with Crippen molar-refractivity contribution >= 4 is 59.1 Å². The van der Waals surface area contributed by atoms with Gasteiger partial charge in [0.2, 0.25) is 0 Å². The van der Waals surface area contributed by atoms with Gasteiger partial charge in [0, 0.05) is 19.7 Å².